The van der Waals surface area contributed by atoms with Crippen LogP contribution in [0.15, 0.2) is 83.8 Å². The van der Waals surface area contributed by atoms with Crippen molar-refractivity contribution in [2.24, 2.45) is 0 Å². The Bertz CT molecular complexity index is 1390. The highest BCUT2D eigenvalue weighted by atomic mass is 32.2. The van der Waals surface area contributed by atoms with E-state index >= 15 is 0 Å². The molecule has 0 aromatic heterocycles. The van der Waals surface area contributed by atoms with Crippen molar-refractivity contribution in [1.82, 2.24) is 10.2 Å². The van der Waals surface area contributed by atoms with Crippen LogP contribution in [0.3, 0.4) is 0 Å². The smallest absolute Gasteiger partial charge is 0.264 e. The van der Waals surface area contributed by atoms with Crippen molar-refractivity contribution in [3.8, 4) is 0 Å². The zero-order chi connectivity index (χ0) is 30.0. The van der Waals surface area contributed by atoms with Crippen LogP contribution in [0, 0.1) is 6.92 Å². The highest BCUT2D eigenvalue weighted by molar-refractivity contribution is 7.92. The van der Waals surface area contributed by atoms with Crippen LogP contribution in [0.2, 0.25) is 0 Å². The number of amides is 2. The van der Waals surface area contributed by atoms with Gasteiger partial charge < -0.3 is 10.2 Å². The monoisotopic (exact) mass is 577 g/mol. The first-order valence-electron chi connectivity index (χ1n) is 14.4. The number of para-hydroxylation sites is 1. The molecule has 2 amide bonds. The Hall–Kier alpha value is -3.65. The molecule has 3 rings (SSSR count). The zero-order valence-electron chi connectivity index (χ0n) is 24.8. The number of aryl methyl sites for hydroxylation is 2. The molecule has 0 spiro atoms. The number of hydrogen-bond donors (Lipinski definition) is 1. The SMILES string of the molecule is CCc1ccccc1N(CC(=O)N(CCc1ccccc1)C(CC)C(=O)NC(C)CC)S(=O)(=O)c1ccc(C)cc1. The van der Waals surface area contributed by atoms with Crippen LogP contribution in [0.25, 0.3) is 0 Å². The predicted octanol–water partition coefficient (Wildman–Crippen LogP) is 5.52. The molecule has 0 aliphatic heterocycles. The van der Waals surface area contributed by atoms with Gasteiger partial charge in [-0.15, -0.1) is 0 Å². The summed E-state index contributed by atoms with van der Waals surface area (Å²) >= 11 is 0. The molecule has 0 bridgehead atoms. The number of nitrogens with zero attached hydrogens (tertiary/aromatic N) is 2. The van der Waals surface area contributed by atoms with Gasteiger partial charge >= 0.3 is 0 Å². The molecule has 3 aromatic carbocycles. The fourth-order valence-electron chi connectivity index (χ4n) is 4.74. The fourth-order valence-corrected chi connectivity index (χ4v) is 6.19. The average molecular weight is 578 g/mol. The Labute approximate surface area is 245 Å². The van der Waals surface area contributed by atoms with Gasteiger partial charge in [-0.25, -0.2) is 8.42 Å². The zero-order valence-corrected chi connectivity index (χ0v) is 25.7. The van der Waals surface area contributed by atoms with E-state index in [1.807, 2.05) is 77.1 Å². The first-order valence-corrected chi connectivity index (χ1v) is 15.9. The Morgan fingerprint density at radius 1 is 0.854 bits per heavy atom. The van der Waals surface area contributed by atoms with E-state index < -0.39 is 28.5 Å². The number of carbonyl (C=O) groups is 2. The molecule has 0 heterocycles. The van der Waals surface area contributed by atoms with Crippen molar-refractivity contribution in [2.75, 3.05) is 17.4 Å². The normalized spacial score (nSPS) is 12.8. The number of benzene rings is 3. The molecule has 7 nitrogen and oxygen atoms in total. The van der Waals surface area contributed by atoms with Crippen LogP contribution in [-0.2, 0) is 32.5 Å². The van der Waals surface area contributed by atoms with Crippen molar-refractivity contribution >= 4 is 27.5 Å². The van der Waals surface area contributed by atoms with Gasteiger partial charge in [0.15, 0.2) is 0 Å². The van der Waals surface area contributed by atoms with Gasteiger partial charge in [0.2, 0.25) is 11.8 Å². The minimum absolute atomic E-state index is 0.0440. The van der Waals surface area contributed by atoms with Crippen molar-refractivity contribution in [3.05, 3.63) is 95.6 Å². The molecule has 1 N–H and O–H groups in total. The lowest BCUT2D eigenvalue weighted by molar-refractivity contribution is -0.139. The summed E-state index contributed by atoms with van der Waals surface area (Å²) in [5.74, 6) is -0.654. The van der Waals surface area contributed by atoms with Crippen LogP contribution in [0.1, 0.15) is 57.2 Å². The van der Waals surface area contributed by atoms with E-state index in [2.05, 4.69) is 5.32 Å². The summed E-state index contributed by atoms with van der Waals surface area (Å²) < 4.78 is 29.4. The number of hydrogen-bond acceptors (Lipinski definition) is 4. The van der Waals surface area contributed by atoms with Crippen LogP contribution < -0.4 is 9.62 Å². The number of sulfonamides is 1. The molecular weight excluding hydrogens is 534 g/mol. The average Bonchev–Trinajstić information content (AvgIpc) is 2.98. The second-order valence-electron chi connectivity index (χ2n) is 10.4. The van der Waals surface area contributed by atoms with E-state index in [4.69, 9.17) is 0 Å². The Balaban J connectivity index is 2.04. The summed E-state index contributed by atoms with van der Waals surface area (Å²) in [5.41, 5.74) is 3.24. The largest absolute Gasteiger partial charge is 0.352 e. The number of carbonyl (C=O) groups excluding carboxylic acids is 2. The van der Waals surface area contributed by atoms with E-state index in [0.717, 1.165) is 23.1 Å². The van der Waals surface area contributed by atoms with Crippen molar-refractivity contribution in [1.29, 1.82) is 0 Å². The van der Waals surface area contributed by atoms with Crippen molar-refractivity contribution in [2.45, 2.75) is 77.3 Å². The quantitative estimate of drug-likeness (QED) is 0.274. The summed E-state index contributed by atoms with van der Waals surface area (Å²) in [7, 11) is -4.09. The van der Waals surface area contributed by atoms with E-state index in [1.54, 1.807) is 41.3 Å². The van der Waals surface area contributed by atoms with E-state index in [0.29, 0.717) is 24.9 Å². The molecule has 8 heteroatoms. The number of anilines is 1. The first-order chi connectivity index (χ1) is 19.6. The number of nitrogens with one attached hydrogen (secondary N) is 1. The lowest BCUT2D eigenvalue weighted by Gasteiger charge is -2.34. The summed E-state index contributed by atoms with van der Waals surface area (Å²) in [6, 6.07) is 22.9. The standard InChI is InChI=1S/C33H43N3O4S/c1-6-26(5)34-33(38)30(8-3)35(23-22-27-14-10-9-11-15-27)32(37)24-36(31-17-13-12-16-28(31)7-2)41(39,40)29-20-18-25(4)19-21-29/h9-21,26,30H,6-8,22-24H2,1-5H3,(H,34,38). The minimum Gasteiger partial charge on any atom is -0.352 e. The molecule has 41 heavy (non-hydrogen) atoms. The van der Waals surface area contributed by atoms with Gasteiger partial charge in [0.05, 0.1) is 10.6 Å². The Morgan fingerprint density at radius 2 is 1.49 bits per heavy atom. The van der Waals surface area contributed by atoms with Gasteiger partial charge in [-0.1, -0.05) is 87.0 Å². The molecule has 220 valence electrons. The minimum atomic E-state index is -4.09. The van der Waals surface area contributed by atoms with Crippen LogP contribution >= 0.6 is 0 Å². The van der Waals surface area contributed by atoms with Crippen LogP contribution in [-0.4, -0.2) is 50.3 Å². The summed E-state index contributed by atoms with van der Waals surface area (Å²) in [6.07, 6.45) is 2.29. The third-order valence-electron chi connectivity index (χ3n) is 7.40. The second kappa shape index (κ2) is 14.8. The predicted molar refractivity (Wildman–Crippen MR) is 165 cm³/mol. The van der Waals surface area contributed by atoms with Gasteiger partial charge in [0, 0.05) is 12.6 Å². The maximum Gasteiger partial charge on any atom is 0.264 e. The summed E-state index contributed by atoms with van der Waals surface area (Å²) in [6.45, 7) is 9.50. The molecule has 0 aliphatic carbocycles. The summed E-state index contributed by atoms with van der Waals surface area (Å²) in [5, 5.41) is 3.01. The van der Waals surface area contributed by atoms with Crippen molar-refractivity contribution in [3.63, 3.8) is 0 Å². The van der Waals surface area contributed by atoms with E-state index in [-0.39, 0.29) is 23.4 Å². The second-order valence-corrected chi connectivity index (χ2v) is 12.2. The van der Waals surface area contributed by atoms with Crippen LogP contribution in [0.5, 0.6) is 0 Å². The molecule has 0 aliphatic rings. The highest BCUT2D eigenvalue weighted by Crippen LogP contribution is 2.28. The molecule has 0 fully saturated rings. The van der Waals surface area contributed by atoms with Gasteiger partial charge in [-0.3, -0.25) is 13.9 Å². The lowest BCUT2D eigenvalue weighted by Crippen LogP contribution is -2.54. The third kappa shape index (κ3) is 8.19. The first kappa shape index (κ1) is 31.9. The van der Waals surface area contributed by atoms with Crippen LogP contribution in [0.4, 0.5) is 5.69 Å². The Kier molecular flexibility index (Phi) is 11.5. The van der Waals surface area contributed by atoms with Gasteiger partial charge in [0.1, 0.15) is 12.6 Å². The van der Waals surface area contributed by atoms with Gasteiger partial charge in [-0.2, -0.15) is 0 Å². The molecule has 0 saturated heterocycles. The number of rotatable bonds is 14. The summed E-state index contributed by atoms with van der Waals surface area (Å²) in [4.78, 5) is 29.2. The van der Waals surface area contributed by atoms with Gasteiger partial charge in [-0.05, 0) is 68.9 Å². The Morgan fingerprint density at radius 3 is 2.10 bits per heavy atom. The fraction of sp³-hybridized carbons (Fsp3) is 0.394. The maximum absolute atomic E-state index is 14.2. The molecular formula is C33H43N3O4S. The highest BCUT2D eigenvalue weighted by Gasteiger charge is 2.34. The molecule has 2 atom stereocenters. The maximum atomic E-state index is 14.2. The van der Waals surface area contributed by atoms with Gasteiger partial charge in [0.25, 0.3) is 10.0 Å². The third-order valence-corrected chi connectivity index (χ3v) is 9.17. The lowest BCUT2D eigenvalue weighted by atomic mass is 10.1. The topological polar surface area (TPSA) is 86.8 Å². The van der Waals surface area contributed by atoms with E-state index in [1.165, 1.54) is 4.31 Å². The molecule has 0 radical (unpaired) electrons. The molecule has 2 unspecified atom stereocenters. The molecule has 3 aromatic rings. The van der Waals surface area contributed by atoms with E-state index in [9.17, 15) is 18.0 Å². The molecule has 0 saturated carbocycles. The van der Waals surface area contributed by atoms with Crippen molar-refractivity contribution < 1.29 is 18.0 Å².